The first-order valence-electron chi connectivity index (χ1n) is 10.1. The summed E-state index contributed by atoms with van der Waals surface area (Å²) in [6.45, 7) is 5.41. The minimum Gasteiger partial charge on any atom is -0.480 e. The zero-order valence-corrected chi connectivity index (χ0v) is 20.9. The van der Waals surface area contributed by atoms with Crippen molar-refractivity contribution in [2.75, 3.05) is 0 Å². The Bertz CT molecular complexity index is 1440. The van der Waals surface area contributed by atoms with E-state index in [0.717, 1.165) is 32.1 Å². The highest BCUT2D eigenvalue weighted by atomic mass is 79.9. The van der Waals surface area contributed by atoms with Crippen LogP contribution in [0.4, 0.5) is 0 Å². The molecule has 9 heteroatoms. The molecular formula is C23H22BrNO5S2. The fourth-order valence-corrected chi connectivity index (χ4v) is 6.82. The molecule has 4 rings (SSSR count). The molecule has 0 aliphatic heterocycles. The Morgan fingerprint density at radius 2 is 1.78 bits per heavy atom. The fourth-order valence-electron chi connectivity index (χ4n) is 3.57. The summed E-state index contributed by atoms with van der Waals surface area (Å²) in [6, 6.07) is 11.4. The zero-order chi connectivity index (χ0) is 23.2. The van der Waals surface area contributed by atoms with E-state index in [0.29, 0.717) is 11.2 Å². The van der Waals surface area contributed by atoms with E-state index in [1.807, 2.05) is 18.2 Å². The van der Waals surface area contributed by atoms with Gasteiger partial charge in [-0.1, -0.05) is 26.8 Å². The van der Waals surface area contributed by atoms with Gasteiger partial charge in [0.25, 0.3) is 0 Å². The second-order valence-corrected chi connectivity index (χ2v) is 11.6. The second-order valence-electron chi connectivity index (χ2n) is 7.89. The number of furan rings is 1. The number of thiophene rings is 1. The van der Waals surface area contributed by atoms with Crippen molar-refractivity contribution in [3.63, 3.8) is 0 Å². The minimum absolute atomic E-state index is 0.0362. The topological polar surface area (TPSA) is 96.6 Å². The van der Waals surface area contributed by atoms with Gasteiger partial charge in [-0.3, -0.25) is 4.79 Å². The third-order valence-corrected chi connectivity index (χ3v) is 9.07. The maximum Gasteiger partial charge on any atom is 0.322 e. The van der Waals surface area contributed by atoms with Crippen LogP contribution in [0.25, 0.3) is 32.4 Å². The third kappa shape index (κ3) is 4.22. The van der Waals surface area contributed by atoms with Crippen LogP contribution in [0.1, 0.15) is 25.6 Å². The molecule has 2 aromatic carbocycles. The number of carboxylic acids is 1. The Labute approximate surface area is 198 Å². The first-order valence-corrected chi connectivity index (χ1v) is 13.2. The van der Waals surface area contributed by atoms with Gasteiger partial charge >= 0.3 is 5.97 Å². The number of fused-ring (bicyclic) bond motifs is 3. The molecular weight excluding hydrogens is 514 g/mol. The number of nitrogens with one attached hydrogen (secondary N) is 1. The van der Waals surface area contributed by atoms with E-state index >= 15 is 0 Å². The smallest absolute Gasteiger partial charge is 0.322 e. The monoisotopic (exact) mass is 535 g/mol. The first-order chi connectivity index (χ1) is 15.1. The molecule has 0 saturated heterocycles. The molecule has 0 aliphatic rings. The lowest BCUT2D eigenvalue weighted by atomic mass is 10.1. The summed E-state index contributed by atoms with van der Waals surface area (Å²) in [7, 11) is -4.03. The number of carbonyl (C=O) groups is 1. The largest absolute Gasteiger partial charge is 0.480 e. The van der Waals surface area contributed by atoms with Crippen LogP contribution in [0.5, 0.6) is 0 Å². The van der Waals surface area contributed by atoms with E-state index in [1.165, 1.54) is 17.0 Å². The van der Waals surface area contributed by atoms with Crippen LogP contribution in [-0.2, 0) is 21.2 Å². The molecule has 2 aromatic heterocycles. The third-order valence-electron chi connectivity index (χ3n) is 5.33. The van der Waals surface area contributed by atoms with Crippen molar-refractivity contribution in [2.45, 2.75) is 38.1 Å². The van der Waals surface area contributed by atoms with E-state index in [2.05, 4.69) is 33.6 Å². The van der Waals surface area contributed by atoms with Gasteiger partial charge in [-0.15, -0.1) is 11.3 Å². The number of aliphatic carboxylic acids is 1. The van der Waals surface area contributed by atoms with Gasteiger partial charge in [0.15, 0.2) is 0 Å². The Morgan fingerprint density at radius 1 is 1.12 bits per heavy atom. The highest BCUT2D eigenvalue weighted by molar-refractivity contribution is 9.10. The van der Waals surface area contributed by atoms with Gasteiger partial charge < -0.3 is 9.52 Å². The van der Waals surface area contributed by atoms with Crippen LogP contribution in [0.3, 0.4) is 0 Å². The molecule has 0 aliphatic carbocycles. The predicted molar refractivity (Wildman–Crippen MR) is 131 cm³/mol. The molecule has 0 bridgehead atoms. The summed E-state index contributed by atoms with van der Waals surface area (Å²) in [5, 5.41) is 11.0. The molecule has 0 amide bonds. The fraction of sp³-hybridized carbons (Fsp3) is 0.261. The molecule has 0 radical (unpaired) electrons. The average Bonchev–Trinajstić information content (AvgIpc) is 3.30. The summed E-state index contributed by atoms with van der Waals surface area (Å²) < 4.78 is 35.0. The van der Waals surface area contributed by atoms with Crippen molar-refractivity contribution < 1.29 is 22.7 Å². The van der Waals surface area contributed by atoms with E-state index in [-0.39, 0.29) is 4.90 Å². The number of halogens is 1. The normalized spacial score (nSPS) is 13.3. The maximum absolute atomic E-state index is 12.8. The number of hydrogen-bond donors (Lipinski definition) is 2. The van der Waals surface area contributed by atoms with Crippen molar-refractivity contribution in [3.8, 4) is 10.4 Å². The van der Waals surface area contributed by atoms with Crippen LogP contribution < -0.4 is 4.72 Å². The van der Waals surface area contributed by atoms with E-state index in [1.54, 1.807) is 31.3 Å². The van der Waals surface area contributed by atoms with Crippen LogP contribution >= 0.6 is 27.3 Å². The minimum atomic E-state index is -4.03. The Balaban J connectivity index is 1.74. The maximum atomic E-state index is 12.8. The quantitative estimate of drug-likeness (QED) is 0.301. The molecule has 168 valence electrons. The van der Waals surface area contributed by atoms with Crippen molar-refractivity contribution in [1.82, 2.24) is 4.72 Å². The zero-order valence-electron chi connectivity index (χ0n) is 17.7. The average molecular weight is 536 g/mol. The molecule has 2 heterocycles. The van der Waals surface area contributed by atoms with Crippen LogP contribution in [0.2, 0.25) is 0 Å². The molecule has 0 unspecified atom stereocenters. The van der Waals surface area contributed by atoms with Crippen LogP contribution in [-0.4, -0.2) is 25.5 Å². The van der Waals surface area contributed by atoms with E-state index in [4.69, 9.17) is 4.42 Å². The SMILES string of the molecule is CCc1sc(-c2ccc3c(c2)oc2cc(S(=O)(=O)N[C@H](C(=O)O)C(C)C)ccc23)cc1Br. The molecule has 1 atom stereocenters. The lowest BCUT2D eigenvalue weighted by Crippen LogP contribution is -2.44. The lowest BCUT2D eigenvalue weighted by molar-refractivity contribution is -0.140. The summed E-state index contributed by atoms with van der Waals surface area (Å²) >= 11 is 5.32. The highest BCUT2D eigenvalue weighted by Crippen LogP contribution is 2.38. The van der Waals surface area contributed by atoms with Crippen LogP contribution in [0.15, 0.2) is 56.2 Å². The van der Waals surface area contributed by atoms with Gasteiger partial charge in [0, 0.05) is 31.1 Å². The summed E-state index contributed by atoms with van der Waals surface area (Å²) in [5.74, 6) is -1.62. The Hall–Kier alpha value is -2.20. The summed E-state index contributed by atoms with van der Waals surface area (Å²) in [6.07, 6.45) is 0.947. The first kappa shape index (κ1) is 23.0. The van der Waals surface area contributed by atoms with Gasteiger partial charge in [0.1, 0.15) is 17.2 Å². The Morgan fingerprint density at radius 3 is 2.38 bits per heavy atom. The van der Waals surface area contributed by atoms with Gasteiger partial charge in [0.05, 0.1) is 4.90 Å². The van der Waals surface area contributed by atoms with Crippen molar-refractivity contribution in [3.05, 3.63) is 51.8 Å². The number of benzene rings is 2. The number of rotatable bonds is 7. The second kappa shape index (κ2) is 8.62. The van der Waals surface area contributed by atoms with Gasteiger partial charge in [-0.2, -0.15) is 4.72 Å². The van der Waals surface area contributed by atoms with Gasteiger partial charge in [-0.05, 0) is 64.2 Å². The summed E-state index contributed by atoms with van der Waals surface area (Å²) in [4.78, 5) is 13.8. The standard InChI is InChI=1S/C23H22BrNO5S2/c1-4-20-17(24)11-21(31-20)13-5-7-15-16-8-6-14(10-19(16)30-18(15)9-13)32(28,29)25-22(12(2)3)23(26)27/h5-12,22,25H,4H2,1-3H3,(H,26,27)/t22-/m0/s1. The van der Waals surface area contributed by atoms with Crippen molar-refractivity contribution in [1.29, 1.82) is 0 Å². The van der Waals surface area contributed by atoms with Gasteiger partial charge in [0.2, 0.25) is 10.0 Å². The number of hydrogen-bond acceptors (Lipinski definition) is 5. The molecule has 0 spiro atoms. The molecule has 6 nitrogen and oxygen atoms in total. The molecule has 2 N–H and O–H groups in total. The molecule has 4 aromatic rings. The van der Waals surface area contributed by atoms with Crippen molar-refractivity contribution in [2.24, 2.45) is 5.92 Å². The highest BCUT2D eigenvalue weighted by Gasteiger charge is 2.28. The van der Waals surface area contributed by atoms with E-state index < -0.39 is 28.0 Å². The number of carboxylic acid groups (broad SMARTS) is 1. The summed E-state index contributed by atoms with van der Waals surface area (Å²) in [5.41, 5.74) is 2.11. The van der Waals surface area contributed by atoms with Gasteiger partial charge in [-0.25, -0.2) is 8.42 Å². The molecule has 0 fully saturated rings. The molecule has 32 heavy (non-hydrogen) atoms. The van der Waals surface area contributed by atoms with E-state index in [9.17, 15) is 18.3 Å². The number of aryl methyl sites for hydroxylation is 1. The Kier molecular flexibility index (Phi) is 6.19. The van der Waals surface area contributed by atoms with Crippen LogP contribution in [0, 0.1) is 5.92 Å². The lowest BCUT2D eigenvalue weighted by Gasteiger charge is -2.17. The molecule has 0 saturated carbocycles. The van der Waals surface area contributed by atoms with Crippen molar-refractivity contribution >= 4 is 65.2 Å². The predicted octanol–water partition coefficient (Wildman–Crippen LogP) is 6.03. The number of sulfonamides is 1.